The van der Waals surface area contributed by atoms with E-state index in [0.29, 0.717) is 0 Å². The van der Waals surface area contributed by atoms with Crippen LogP contribution < -0.4 is 5.73 Å². The summed E-state index contributed by atoms with van der Waals surface area (Å²) >= 11 is 2.31. The van der Waals surface area contributed by atoms with Gasteiger partial charge in [0.25, 0.3) is 0 Å². The maximum atomic E-state index is 5.84. The SMILES string of the molecule is C=C[C@@H](N)c1cccc(I)c1C. The van der Waals surface area contributed by atoms with Crippen LogP contribution in [0.2, 0.25) is 0 Å². The topological polar surface area (TPSA) is 26.0 Å². The maximum absolute atomic E-state index is 5.84. The van der Waals surface area contributed by atoms with E-state index in [1.54, 1.807) is 6.08 Å². The van der Waals surface area contributed by atoms with Gasteiger partial charge in [0.05, 0.1) is 0 Å². The Morgan fingerprint density at radius 2 is 2.25 bits per heavy atom. The fraction of sp³-hybridized carbons (Fsp3) is 0.200. The van der Waals surface area contributed by atoms with Crippen molar-refractivity contribution in [2.24, 2.45) is 5.73 Å². The average molecular weight is 273 g/mol. The Balaban J connectivity index is 3.15. The summed E-state index contributed by atoms with van der Waals surface area (Å²) < 4.78 is 1.25. The van der Waals surface area contributed by atoms with Crippen molar-refractivity contribution in [2.75, 3.05) is 0 Å². The van der Waals surface area contributed by atoms with Gasteiger partial charge < -0.3 is 5.73 Å². The Bertz CT molecular complexity index is 294. The number of benzene rings is 1. The monoisotopic (exact) mass is 273 g/mol. The highest BCUT2D eigenvalue weighted by Crippen LogP contribution is 2.20. The fourth-order valence-electron chi connectivity index (χ4n) is 1.11. The quantitative estimate of drug-likeness (QED) is 0.650. The van der Waals surface area contributed by atoms with Crippen LogP contribution in [-0.2, 0) is 0 Å². The minimum Gasteiger partial charge on any atom is -0.321 e. The van der Waals surface area contributed by atoms with Gasteiger partial charge in [-0.05, 0) is 46.7 Å². The Hall–Kier alpha value is -0.350. The van der Waals surface area contributed by atoms with E-state index in [1.807, 2.05) is 12.1 Å². The van der Waals surface area contributed by atoms with Crippen LogP contribution in [0.5, 0.6) is 0 Å². The first-order valence-corrected chi connectivity index (χ1v) is 4.88. The van der Waals surface area contributed by atoms with Crippen molar-refractivity contribution >= 4 is 22.6 Å². The summed E-state index contributed by atoms with van der Waals surface area (Å²) in [5, 5.41) is 0. The summed E-state index contributed by atoms with van der Waals surface area (Å²) in [6.07, 6.45) is 1.76. The van der Waals surface area contributed by atoms with Gasteiger partial charge in [-0.25, -0.2) is 0 Å². The third-order valence-electron chi connectivity index (χ3n) is 1.92. The molecule has 2 N–H and O–H groups in total. The van der Waals surface area contributed by atoms with E-state index in [9.17, 15) is 0 Å². The first-order chi connectivity index (χ1) is 5.66. The largest absolute Gasteiger partial charge is 0.321 e. The molecular formula is C10H12IN. The lowest BCUT2D eigenvalue weighted by molar-refractivity contribution is 0.900. The summed E-state index contributed by atoms with van der Waals surface area (Å²) in [6, 6.07) is 6.10. The van der Waals surface area contributed by atoms with Crippen molar-refractivity contribution in [1.82, 2.24) is 0 Å². The predicted molar refractivity (Wildman–Crippen MR) is 61.0 cm³/mol. The van der Waals surface area contributed by atoms with Crippen LogP contribution in [0.4, 0.5) is 0 Å². The third kappa shape index (κ3) is 1.87. The second-order valence-corrected chi connectivity index (χ2v) is 3.88. The van der Waals surface area contributed by atoms with E-state index in [2.05, 4.69) is 42.2 Å². The molecule has 0 amide bonds. The number of nitrogens with two attached hydrogens (primary N) is 1. The molecule has 0 heterocycles. The van der Waals surface area contributed by atoms with Gasteiger partial charge in [-0.15, -0.1) is 6.58 Å². The lowest BCUT2D eigenvalue weighted by Gasteiger charge is -2.11. The van der Waals surface area contributed by atoms with Crippen molar-refractivity contribution in [3.63, 3.8) is 0 Å². The highest BCUT2D eigenvalue weighted by molar-refractivity contribution is 14.1. The molecule has 0 saturated carbocycles. The predicted octanol–water partition coefficient (Wildman–Crippen LogP) is 2.79. The smallest absolute Gasteiger partial charge is 0.0481 e. The van der Waals surface area contributed by atoms with Gasteiger partial charge in [0, 0.05) is 9.61 Å². The van der Waals surface area contributed by atoms with Gasteiger partial charge in [-0.1, -0.05) is 18.2 Å². The minimum absolute atomic E-state index is 0.0419. The fourth-order valence-corrected chi connectivity index (χ4v) is 1.63. The second-order valence-electron chi connectivity index (χ2n) is 2.72. The minimum atomic E-state index is -0.0419. The molecule has 1 aromatic carbocycles. The highest BCUT2D eigenvalue weighted by Gasteiger charge is 2.05. The van der Waals surface area contributed by atoms with Crippen molar-refractivity contribution in [2.45, 2.75) is 13.0 Å². The first kappa shape index (κ1) is 9.74. The standard InChI is InChI=1S/C10H12IN/c1-3-10(12)8-5-4-6-9(11)7(8)2/h3-6,10H,1,12H2,2H3/t10-/m1/s1. The van der Waals surface area contributed by atoms with Crippen molar-refractivity contribution in [3.8, 4) is 0 Å². The van der Waals surface area contributed by atoms with E-state index in [1.165, 1.54) is 9.13 Å². The van der Waals surface area contributed by atoms with Crippen LogP contribution in [0.15, 0.2) is 30.9 Å². The van der Waals surface area contributed by atoms with Crippen LogP contribution in [0.25, 0.3) is 0 Å². The zero-order valence-corrected chi connectivity index (χ0v) is 9.21. The highest BCUT2D eigenvalue weighted by atomic mass is 127. The van der Waals surface area contributed by atoms with Gasteiger partial charge >= 0.3 is 0 Å². The Kier molecular flexibility index (Phi) is 3.29. The molecule has 0 saturated heterocycles. The van der Waals surface area contributed by atoms with E-state index in [4.69, 9.17) is 5.73 Å². The van der Waals surface area contributed by atoms with Crippen LogP contribution >= 0.6 is 22.6 Å². The maximum Gasteiger partial charge on any atom is 0.0481 e. The summed E-state index contributed by atoms with van der Waals surface area (Å²) in [5.41, 5.74) is 8.26. The molecule has 2 heteroatoms. The second kappa shape index (κ2) is 4.05. The van der Waals surface area contributed by atoms with Crippen LogP contribution in [-0.4, -0.2) is 0 Å². The Labute approximate surface area is 86.8 Å². The van der Waals surface area contributed by atoms with Crippen molar-refractivity contribution in [3.05, 3.63) is 45.6 Å². The molecule has 0 aliphatic rings. The van der Waals surface area contributed by atoms with Crippen LogP contribution in [0, 0.1) is 10.5 Å². The van der Waals surface area contributed by atoms with Gasteiger partial charge in [-0.3, -0.25) is 0 Å². The van der Waals surface area contributed by atoms with Gasteiger partial charge in [0.1, 0.15) is 0 Å². The molecule has 1 nitrogen and oxygen atoms in total. The number of hydrogen-bond acceptors (Lipinski definition) is 1. The van der Waals surface area contributed by atoms with Crippen LogP contribution in [0.3, 0.4) is 0 Å². The molecular weight excluding hydrogens is 261 g/mol. The molecule has 12 heavy (non-hydrogen) atoms. The zero-order chi connectivity index (χ0) is 9.14. The number of hydrogen-bond donors (Lipinski definition) is 1. The molecule has 0 aliphatic heterocycles. The molecule has 0 aromatic heterocycles. The summed E-state index contributed by atoms with van der Waals surface area (Å²) in [5.74, 6) is 0. The van der Waals surface area contributed by atoms with Gasteiger partial charge in [0.15, 0.2) is 0 Å². The molecule has 0 aliphatic carbocycles. The number of rotatable bonds is 2. The molecule has 0 spiro atoms. The summed E-state index contributed by atoms with van der Waals surface area (Å²) in [7, 11) is 0. The third-order valence-corrected chi connectivity index (χ3v) is 3.09. The van der Waals surface area contributed by atoms with E-state index < -0.39 is 0 Å². The molecule has 0 radical (unpaired) electrons. The Morgan fingerprint density at radius 1 is 1.58 bits per heavy atom. The van der Waals surface area contributed by atoms with E-state index in [0.717, 1.165) is 5.56 Å². The van der Waals surface area contributed by atoms with Gasteiger partial charge in [-0.2, -0.15) is 0 Å². The molecule has 0 bridgehead atoms. The lowest BCUT2D eigenvalue weighted by Crippen LogP contribution is -2.08. The van der Waals surface area contributed by atoms with Crippen LogP contribution in [0.1, 0.15) is 17.2 Å². The molecule has 1 rings (SSSR count). The normalized spacial score (nSPS) is 12.6. The average Bonchev–Trinajstić information content (AvgIpc) is 2.08. The van der Waals surface area contributed by atoms with E-state index >= 15 is 0 Å². The molecule has 0 fully saturated rings. The van der Waals surface area contributed by atoms with E-state index in [-0.39, 0.29) is 6.04 Å². The zero-order valence-electron chi connectivity index (χ0n) is 7.05. The molecule has 1 atom stereocenters. The molecule has 64 valence electrons. The number of halogens is 1. The molecule has 1 aromatic rings. The Morgan fingerprint density at radius 3 is 2.83 bits per heavy atom. The summed E-state index contributed by atoms with van der Waals surface area (Å²) in [6.45, 7) is 5.76. The van der Waals surface area contributed by atoms with Gasteiger partial charge in [0.2, 0.25) is 0 Å². The van der Waals surface area contributed by atoms with Crippen molar-refractivity contribution in [1.29, 1.82) is 0 Å². The first-order valence-electron chi connectivity index (χ1n) is 3.80. The molecule has 0 unspecified atom stereocenters. The van der Waals surface area contributed by atoms with Crippen molar-refractivity contribution < 1.29 is 0 Å². The summed E-state index contributed by atoms with van der Waals surface area (Å²) in [4.78, 5) is 0. The lowest BCUT2D eigenvalue weighted by atomic mass is 10.0.